The maximum atomic E-state index is 13.8. The molecule has 1 aromatic rings. The summed E-state index contributed by atoms with van der Waals surface area (Å²) in [4.78, 5) is 11.4. The molecular weight excluding hydrogens is 259 g/mol. The van der Waals surface area contributed by atoms with Crippen LogP contribution in [0.25, 0.3) is 0 Å². The highest BCUT2D eigenvalue weighted by molar-refractivity contribution is 5.80. The Bertz CT molecular complexity index is 475. The Morgan fingerprint density at radius 2 is 2.20 bits per heavy atom. The number of amides is 1. The third-order valence-electron chi connectivity index (χ3n) is 3.50. The lowest BCUT2D eigenvalue weighted by molar-refractivity contribution is -0.122. The molecule has 0 heterocycles. The van der Waals surface area contributed by atoms with Crippen molar-refractivity contribution in [1.82, 2.24) is 10.6 Å². The Balaban J connectivity index is 1.76. The first kappa shape index (κ1) is 14.8. The van der Waals surface area contributed by atoms with Crippen molar-refractivity contribution in [1.29, 1.82) is 0 Å². The summed E-state index contributed by atoms with van der Waals surface area (Å²) in [6.45, 7) is 3.08. The maximum absolute atomic E-state index is 13.8. The number of nitrogens with one attached hydrogen (secondary N) is 2. The van der Waals surface area contributed by atoms with Crippen LogP contribution in [0.4, 0.5) is 4.39 Å². The van der Waals surface area contributed by atoms with Crippen LogP contribution in [-0.2, 0) is 4.79 Å². The SMILES string of the molecule is COc1ccc(C(C)NCCNC(=O)C2CC2)c(F)c1. The molecule has 1 aromatic carbocycles. The van der Waals surface area contributed by atoms with Crippen LogP contribution in [0.3, 0.4) is 0 Å². The summed E-state index contributed by atoms with van der Waals surface area (Å²) < 4.78 is 18.8. The van der Waals surface area contributed by atoms with Crippen molar-refractivity contribution in [2.24, 2.45) is 5.92 Å². The van der Waals surface area contributed by atoms with E-state index in [0.717, 1.165) is 12.8 Å². The van der Waals surface area contributed by atoms with Crippen LogP contribution in [-0.4, -0.2) is 26.1 Å². The van der Waals surface area contributed by atoms with E-state index in [9.17, 15) is 9.18 Å². The molecule has 20 heavy (non-hydrogen) atoms. The van der Waals surface area contributed by atoms with Crippen LogP contribution in [0.2, 0.25) is 0 Å². The molecule has 0 bridgehead atoms. The zero-order valence-electron chi connectivity index (χ0n) is 11.9. The highest BCUT2D eigenvalue weighted by atomic mass is 19.1. The highest BCUT2D eigenvalue weighted by Crippen LogP contribution is 2.28. The van der Waals surface area contributed by atoms with E-state index in [-0.39, 0.29) is 23.7 Å². The van der Waals surface area contributed by atoms with Crippen LogP contribution in [0.15, 0.2) is 18.2 Å². The van der Waals surface area contributed by atoms with E-state index in [1.54, 1.807) is 12.1 Å². The van der Waals surface area contributed by atoms with E-state index >= 15 is 0 Å². The van der Waals surface area contributed by atoms with Gasteiger partial charge < -0.3 is 15.4 Å². The first-order chi connectivity index (χ1) is 9.61. The van der Waals surface area contributed by atoms with E-state index < -0.39 is 0 Å². The number of carbonyl (C=O) groups excluding carboxylic acids is 1. The normalized spacial score (nSPS) is 15.8. The summed E-state index contributed by atoms with van der Waals surface area (Å²) in [5.41, 5.74) is 0.597. The molecule has 2 N–H and O–H groups in total. The number of halogens is 1. The van der Waals surface area contributed by atoms with Crippen molar-refractivity contribution < 1.29 is 13.9 Å². The molecule has 0 aliphatic heterocycles. The van der Waals surface area contributed by atoms with Gasteiger partial charge in [0.05, 0.1) is 7.11 Å². The van der Waals surface area contributed by atoms with E-state index in [1.165, 1.54) is 13.2 Å². The molecule has 1 saturated carbocycles. The Kier molecular flexibility index (Phi) is 4.95. The van der Waals surface area contributed by atoms with Gasteiger partial charge in [0.15, 0.2) is 0 Å². The standard InChI is InChI=1S/C15H21FN2O2/c1-10(13-6-5-12(20-2)9-14(13)16)17-7-8-18-15(19)11-3-4-11/h5-6,9-11,17H,3-4,7-8H2,1-2H3,(H,18,19). The van der Waals surface area contributed by atoms with E-state index in [2.05, 4.69) is 10.6 Å². The van der Waals surface area contributed by atoms with Crippen molar-refractivity contribution in [3.63, 3.8) is 0 Å². The number of carbonyl (C=O) groups is 1. The van der Waals surface area contributed by atoms with Crippen LogP contribution in [0.5, 0.6) is 5.75 Å². The van der Waals surface area contributed by atoms with Gasteiger partial charge in [-0.3, -0.25) is 4.79 Å². The summed E-state index contributed by atoms with van der Waals surface area (Å²) in [5.74, 6) is 0.586. The minimum atomic E-state index is -0.286. The molecule has 0 spiro atoms. The molecule has 1 fully saturated rings. The van der Waals surface area contributed by atoms with E-state index in [0.29, 0.717) is 24.4 Å². The molecule has 0 saturated heterocycles. The second-order valence-electron chi connectivity index (χ2n) is 5.13. The second kappa shape index (κ2) is 6.70. The van der Waals surface area contributed by atoms with Crippen molar-refractivity contribution in [2.45, 2.75) is 25.8 Å². The predicted molar refractivity (Wildman–Crippen MR) is 75.1 cm³/mol. The topological polar surface area (TPSA) is 50.4 Å². The monoisotopic (exact) mass is 280 g/mol. The number of ether oxygens (including phenoxy) is 1. The van der Waals surface area contributed by atoms with Crippen LogP contribution in [0, 0.1) is 11.7 Å². The summed E-state index contributed by atoms with van der Waals surface area (Å²) >= 11 is 0. The van der Waals surface area contributed by atoms with Gasteiger partial charge in [-0.15, -0.1) is 0 Å². The van der Waals surface area contributed by atoms with E-state index in [1.807, 2.05) is 6.92 Å². The molecule has 2 rings (SSSR count). The number of methoxy groups -OCH3 is 1. The lowest BCUT2D eigenvalue weighted by Gasteiger charge is -2.16. The molecule has 1 amide bonds. The Morgan fingerprint density at radius 1 is 1.45 bits per heavy atom. The molecule has 0 aromatic heterocycles. The van der Waals surface area contributed by atoms with Gasteiger partial charge in [0.1, 0.15) is 11.6 Å². The summed E-state index contributed by atoms with van der Waals surface area (Å²) in [5, 5.41) is 6.07. The van der Waals surface area contributed by atoms with Crippen molar-refractivity contribution in [2.75, 3.05) is 20.2 Å². The Labute approximate surface area is 118 Å². The fourth-order valence-corrected chi connectivity index (χ4v) is 2.06. The minimum absolute atomic E-state index is 0.112. The van der Waals surface area contributed by atoms with Gasteiger partial charge in [-0.1, -0.05) is 6.07 Å². The van der Waals surface area contributed by atoms with Gasteiger partial charge in [-0.05, 0) is 25.8 Å². The Morgan fingerprint density at radius 3 is 2.80 bits per heavy atom. The number of benzene rings is 1. The van der Waals surface area contributed by atoms with E-state index in [4.69, 9.17) is 4.74 Å². The van der Waals surface area contributed by atoms with Gasteiger partial charge in [0, 0.05) is 36.7 Å². The third-order valence-corrected chi connectivity index (χ3v) is 3.50. The smallest absolute Gasteiger partial charge is 0.223 e. The molecule has 5 heteroatoms. The largest absolute Gasteiger partial charge is 0.497 e. The summed E-state index contributed by atoms with van der Waals surface area (Å²) in [7, 11) is 1.51. The molecule has 1 atom stereocenters. The Hall–Kier alpha value is -1.62. The molecule has 1 aliphatic carbocycles. The van der Waals surface area contributed by atoms with Gasteiger partial charge in [-0.2, -0.15) is 0 Å². The lowest BCUT2D eigenvalue weighted by atomic mass is 10.1. The van der Waals surface area contributed by atoms with Crippen molar-refractivity contribution in [3.8, 4) is 5.75 Å². The van der Waals surface area contributed by atoms with Gasteiger partial charge in [0.25, 0.3) is 0 Å². The molecular formula is C15H21FN2O2. The first-order valence-corrected chi connectivity index (χ1v) is 6.96. The quantitative estimate of drug-likeness (QED) is 0.751. The van der Waals surface area contributed by atoms with Crippen LogP contribution in [0.1, 0.15) is 31.4 Å². The average molecular weight is 280 g/mol. The molecule has 110 valence electrons. The zero-order valence-corrected chi connectivity index (χ0v) is 11.9. The maximum Gasteiger partial charge on any atom is 0.223 e. The minimum Gasteiger partial charge on any atom is -0.497 e. The molecule has 1 aliphatic rings. The highest BCUT2D eigenvalue weighted by Gasteiger charge is 2.28. The predicted octanol–water partition coefficient (Wildman–Crippen LogP) is 2.01. The first-order valence-electron chi connectivity index (χ1n) is 6.96. The summed E-state index contributed by atoms with van der Waals surface area (Å²) in [6.07, 6.45) is 2.01. The number of hydrogen-bond donors (Lipinski definition) is 2. The van der Waals surface area contributed by atoms with Crippen LogP contribution >= 0.6 is 0 Å². The van der Waals surface area contributed by atoms with Crippen molar-refractivity contribution in [3.05, 3.63) is 29.6 Å². The fraction of sp³-hybridized carbons (Fsp3) is 0.533. The number of rotatable bonds is 7. The fourth-order valence-electron chi connectivity index (χ4n) is 2.06. The number of hydrogen-bond acceptors (Lipinski definition) is 3. The van der Waals surface area contributed by atoms with Gasteiger partial charge >= 0.3 is 0 Å². The van der Waals surface area contributed by atoms with Crippen LogP contribution < -0.4 is 15.4 Å². The second-order valence-corrected chi connectivity index (χ2v) is 5.13. The molecule has 4 nitrogen and oxygen atoms in total. The zero-order chi connectivity index (χ0) is 14.5. The average Bonchev–Trinajstić information content (AvgIpc) is 3.27. The van der Waals surface area contributed by atoms with Gasteiger partial charge in [0.2, 0.25) is 5.91 Å². The molecule has 1 unspecified atom stereocenters. The third kappa shape index (κ3) is 3.93. The lowest BCUT2D eigenvalue weighted by Crippen LogP contribution is -2.33. The summed E-state index contributed by atoms with van der Waals surface area (Å²) in [6, 6.07) is 4.72. The van der Waals surface area contributed by atoms with Gasteiger partial charge in [-0.25, -0.2) is 4.39 Å². The van der Waals surface area contributed by atoms with Crippen molar-refractivity contribution >= 4 is 5.91 Å². The molecule has 0 radical (unpaired) electrons.